The molecule has 0 heterocycles. The highest BCUT2D eigenvalue weighted by Crippen LogP contribution is 2.15. The highest BCUT2D eigenvalue weighted by atomic mass is 16.6. The predicted octanol–water partition coefficient (Wildman–Crippen LogP) is 22.2. The molecule has 6 heteroatoms. The highest BCUT2D eigenvalue weighted by molar-refractivity contribution is 5.71. The van der Waals surface area contributed by atoms with Crippen molar-refractivity contribution in [1.82, 2.24) is 0 Å². The summed E-state index contributed by atoms with van der Waals surface area (Å²) in [7, 11) is 0. The number of hydrogen-bond acceptors (Lipinski definition) is 6. The third-order valence-electron chi connectivity index (χ3n) is 13.4. The van der Waals surface area contributed by atoms with Gasteiger partial charge in [0, 0.05) is 19.3 Å². The third kappa shape index (κ3) is 62.4. The van der Waals surface area contributed by atoms with E-state index < -0.39 is 6.10 Å². The molecule has 0 aliphatic heterocycles. The topological polar surface area (TPSA) is 78.9 Å². The first-order valence-corrected chi connectivity index (χ1v) is 32.2. The molecular formula is C72H118O6. The molecule has 0 spiro atoms. The van der Waals surface area contributed by atoms with Crippen molar-refractivity contribution in [1.29, 1.82) is 0 Å². The minimum atomic E-state index is -0.805. The minimum absolute atomic E-state index is 0.0980. The largest absolute Gasteiger partial charge is 0.462 e. The second kappa shape index (κ2) is 65.1. The fraction of sp³-hybridized carbons (Fsp3) is 0.653. The molecule has 0 N–H and O–H groups in total. The Balaban J connectivity index is 4.49. The summed E-state index contributed by atoms with van der Waals surface area (Å²) in [6.07, 6.45) is 91.6. The number of unbranched alkanes of at least 4 members (excludes halogenated alkanes) is 24. The monoisotopic (exact) mass is 1080 g/mol. The van der Waals surface area contributed by atoms with Crippen LogP contribution in [0.15, 0.2) is 134 Å². The van der Waals surface area contributed by atoms with Crippen LogP contribution in [-0.2, 0) is 28.6 Å². The lowest BCUT2D eigenvalue weighted by Gasteiger charge is -2.18. The number of hydrogen-bond donors (Lipinski definition) is 0. The summed E-state index contributed by atoms with van der Waals surface area (Å²) in [5.74, 6) is -0.939. The molecule has 0 saturated heterocycles. The van der Waals surface area contributed by atoms with Gasteiger partial charge in [0.25, 0.3) is 0 Å². The lowest BCUT2D eigenvalue weighted by Crippen LogP contribution is -2.30. The molecule has 0 radical (unpaired) electrons. The predicted molar refractivity (Wildman–Crippen MR) is 339 cm³/mol. The summed E-state index contributed by atoms with van der Waals surface area (Å²) in [5, 5.41) is 0. The Morgan fingerprint density at radius 2 is 0.500 bits per heavy atom. The highest BCUT2D eigenvalue weighted by Gasteiger charge is 2.19. The maximum atomic E-state index is 12.9. The van der Waals surface area contributed by atoms with Gasteiger partial charge in [-0.15, -0.1) is 0 Å². The van der Waals surface area contributed by atoms with Crippen molar-refractivity contribution in [2.24, 2.45) is 0 Å². The van der Waals surface area contributed by atoms with Gasteiger partial charge in [-0.3, -0.25) is 14.4 Å². The molecule has 0 saturated carbocycles. The molecule has 0 amide bonds. The summed E-state index contributed by atoms with van der Waals surface area (Å²) >= 11 is 0. The van der Waals surface area contributed by atoms with Gasteiger partial charge in [-0.2, -0.15) is 0 Å². The van der Waals surface area contributed by atoms with Gasteiger partial charge < -0.3 is 14.2 Å². The Morgan fingerprint density at radius 1 is 0.269 bits per heavy atom. The normalized spacial score (nSPS) is 13.0. The van der Waals surface area contributed by atoms with Crippen LogP contribution in [0.1, 0.15) is 284 Å². The minimum Gasteiger partial charge on any atom is -0.462 e. The quantitative estimate of drug-likeness (QED) is 0.0261. The zero-order valence-electron chi connectivity index (χ0n) is 50.6. The number of allylic oxidation sites excluding steroid dienone is 22. The first-order valence-electron chi connectivity index (χ1n) is 32.2. The van der Waals surface area contributed by atoms with E-state index in [1.54, 1.807) is 0 Å². The molecule has 0 aromatic rings. The van der Waals surface area contributed by atoms with Gasteiger partial charge in [-0.05, 0) is 135 Å². The zero-order chi connectivity index (χ0) is 56.4. The molecule has 442 valence electrons. The molecule has 0 bridgehead atoms. The van der Waals surface area contributed by atoms with E-state index in [0.717, 1.165) is 148 Å². The number of carbonyl (C=O) groups excluding carboxylic acids is 3. The lowest BCUT2D eigenvalue weighted by atomic mass is 10.1. The van der Waals surface area contributed by atoms with E-state index in [9.17, 15) is 14.4 Å². The van der Waals surface area contributed by atoms with Gasteiger partial charge in [-0.25, -0.2) is 0 Å². The van der Waals surface area contributed by atoms with E-state index in [1.807, 2.05) is 0 Å². The van der Waals surface area contributed by atoms with Crippen LogP contribution in [0, 0.1) is 0 Å². The number of ether oxygens (including phenoxy) is 3. The molecule has 6 nitrogen and oxygen atoms in total. The van der Waals surface area contributed by atoms with Crippen LogP contribution in [0.5, 0.6) is 0 Å². The van der Waals surface area contributed by atoms with Crippen molar-refractivity contribution in [3.05, 3.63) is 134 Å². The van der Waals surface area contributed by atoms with E-state index in [4.69, 9.17) is 14.2 Å². The average molecular weight is 1080 g/mol. The molecule has 1 atom stereocenters. The maximum absolute atomic E-state index is 12.9. The number of rotatable bonds is 57. The Labute approximate surface area is 481 Å². The maximum Gasteiger partial charge on any atom is 0.306 e. The Morgan fingerprint density at radius 3 is 0.795 bits per heavy atom. The first kappa shape index (κ1) is 73.5. The van der Waals surface area contributed by atoms with Crippen LogP contribution in [-0.4, -0.2) is 37.2 Å². The van der Waals surface area contributed by atoms with Crippen molar-refractivity contribution in [2.75, 3.05) is 13.2 Å². The van der Waals surface area contributed by atoms with Gasteiger partial charge in [-0.1, -0.05) is 264 Å². The van der Waals surface area contributed by atoms with Crippen LogP contribution >= 0.6 is 0 Å². The van der Waals surface area contributed by atoms with Gasteiger partial charge in [0.2, 0.25) is 0 Å². The van der Waals surface area contributed by atoms with Gasteiger partial charge >= 0.3 is 17.9 Å². The Kier molecular flexibility index (Phi) is 61.4. The second-order valence-electron chi connectivity index (χ2n) is 20.9. The van der Waals surface area contributed by atoms with Crippen LogP contribution in [0.3, 0.4) is 0 Å². The van der Waals surface area contributed by atoms with E-state index in [1.165, 1.54) is 96.3 Å². The molecular weight excluding hydrogens is 961 g/mol. The van der Waals surface area contributed by atoms with Gasteiger partial charge in [0.15, 0.2) is 6.10 Å². The van der Waals surface area contributed by atoms with Gasteiger partial charge in [0.05, 0.1) is 0 Å². The van der Waals surface area contributed by atoms with Crippen molar-refractivity contribution in [3.8, 4) is 0 Å². The van der Waals surface area contributed by atoms with Crippen LogP contribution in [0.2, 0.25) is 0 Å². The number of carbonyl (C=O) groups is 3. The summed E-state index contributed by atoms with van der Waals surface area (Å²) in [5.41, 5.74) is 0. The van der Waals surface area contributed by atoms with E-state index >= 15 is 0 Å². The number of esters is 3. The zero-order valence-corrected chi connectivity index (χ0v) is 50.6. The van der Waals surface area contributed by atoms with E-state index in [2.05, 4.69) is 154 Å². The molecule has 0 aliphatic rings. The molecule has 78 heavy (non-hydrogen) atoms. The smallest absolute Gasteiger partial charge is 0.306 e. The summed E-state index contributed by atoms with van der Waals surface area (Å²) in [6.45, 7) is 6.39. The van der Waals surface area contributed by atoms with Crippen molar-refractivity contribution in [3.63, 3.8) is 0 Å². The van der Waals surface area contributed by atoms with Crippen LogP contribution in [0.4, 0.5) is 0 Å². The Hall–Kier alpha value is -4.45. The van der Waals surface area contributed by atoms with Crippen LogP contribution < -0.4 is 0 Å². The summed E-state index contributed by atoms with van der Waals surface area (Å²) in [4.78, 5) is 38.4. The molecule has 0 aliphatic carbocycles. The van der Waals surface area contributed by atoms with Crippen LogP contribution in [0.25, 0.3) is 0 Å². The summed E-state index contributed by atoms with van der Waals surface area (Å²) < 4.78 is 16.9. The van der Waals surface area contributed by atoms with E-state index in [0.29, 0.717) is 19.3 Å². The molecule has 0 aromatic carbocycles. The molecule has 1 unspecified atom stereocenters. The lowest BCUT2D eigenvalue weighted by molar-refractivity contribution is -0.167. The molecule has 0 aromatic heterocycles. The standard InChI is InChI=1S/C72H118O6/c1-4-7-10-13-16-19-22-25-28-31-34-35-36-37-39-41-44-47-50-53-56-59-62-65-71(74)77-68-69(67-76-70(73)64-61-58-55-52-49-46-43-40-33-30-27-24-21-18-15-12-9-6-3)78-72(75)66-63-60-57-54-51-48-45-42-38-32-29-26-23-20-17-14-11-8-5-2/h7-8,10-11,16-17,19-20,25-26,28-30,33-35,37-39,42,44,47,69H,4-6,9,12-15,18,21-24,27,31-32,36,40-41,43,45-46,48-68H2,1-3H3/b10-7-,11-8-,19-16-,20-17-,28-25-,29-26-,33-30-,35-34-,39-37-,42-38-,47-44-. The SMILES string of the molecule is CC/C=C\C/C=C\C/C=C\C/C=C\C/C=C\C/C=C\CCCCCCC(=O)OCC(COC(=O)CCCCCCCCC/C=C\CCCCCCCCC)OC(=O)CCCCCCCC/C=C\C/C=C\C/C=C\C/C=C\CC. The average Bonchev–Trinajstić information content (AvgIpc) is 3.44. The third-order valence-corrected chi connectivity index (χ3v) is 13.4. The Bertz CT molecular complexity index is 1670. The summed E-state index contributed by atoms with van der Waals surface area (Å²) in [6, 6.07) is 0. The van der Waals surface area contributed by atoms with Crippen molar-refractivity contribution >= 4 is 17.9 Å². The fourth-order valence-electron chi connectivity index (χ4n) is 8.61. The molecule has 0 rings (SSSR count). The first-order chi connectivity index (χ1) is 38.5. The van der Waals surface area contributed by atoms with Gasteiger partial charge in [0.1, 0.15) is 13.2 Å². The second-order valence-corrected chi connectivity index (χ2v) is 20.9. The fourth-order valence-corrected chi connectivity index (χ4v) is 8.61. The van der Waals surface area contributed by atoms with Crippen molar-refractivity contribution in [2.45, 2.75) is 290 Å². The van der Waals surface area contributed by atoms with Crippen molar-refractivity contribution < 1.29 is 28.6 Å². The molecule has 0 fully saturated rings. The van der Waals surface area contributed by atoms with E-state index in [-0.39, 0.29) is 31.1 Å².